The molecule has 23 heavy (non-hydrogen) atoms. The number of carboxylic acids is 1. The number of rotatable bonds is 5. The Balaban J connectivity index is 1.64. The van der Waals surface area contributed by atoms with Crippen molar-refractivity contribution in [1.29, 1.82) is 0 Å². The summed E-state index contributed by atoms with van der Waals surface area (Å²) in [7, 11) is 0. The van der Waals surface area contributed by atoms with E-state index in [2.05, 4.69) is 25.4 Å². The molecule has 3 rings (SSSR count). The predicted octanol–water partition coefficient (Wildman–Crippen LogP) is 1.40. The predicted molar refractivity (Wildman–Crippen MR) is 80.3 cm³/mol. The van der Waals surface area contributed by atoms with E-state index in [4.69, 9.17) is 9.63 Å². The summed E-state index contributed by atoms with van der Waals surface area (Å²) >= 11 is 0. The van der Waals surface area contributed by atoms with Crippen LogP contribution in [0.25, 0.3) is 0 Å². The Hall–Kier alpha value is -2.45. The lowest BCUT2D eigenvalue weighted by molar-refractivity contribution is 0.0690. The van der Waals surface area contributed by atoms with Crippen LogP contribution in [0.4, 0.5) is 5.95 Å². The van der Waals surface area contributed by atoms with E-state index in [0.29, 0.717) is 24.3 Å². The molecule has 9 heteroatoms. The normalized spacial score (nSPS) is 18.6. The average Bonchev–Trinajstić information content (AvgIpc) is 3.16. The number of nitrogens with zero attached hydrogens (tertiary/aromatic N) is 6. The van der Waals surface area contributed by atoms with Crippen LogP contribution < -0.4 is 4.90 Å². The van der Waals surface area contributed by atoms with Gasteiger partial charge in [-0.05, 0) is 23.9 Å². The van der Waals surface area contributed by atoms with E-state index in [9.17, 15) is 4.79 Å². The van der Waals surface area contributed by atoms with Crippen molar-refractivity contribution >= 4 is 11.9 Å². The molecule has 0 spiro atoms. The van der Waals surface area contributed by atoms with Crippen LogP contribution in [0.1, 0.15) is 49.0 Å². The number of aromatic nitrogens is 5. The van der Waals surface area contributed by atoms with Crippen LogP contribution in [0.5, 0.6) is 0 Å². The molecule has 2 aromatic heterocycles. The van der Waals surface area contributed by atoms with Crippen LogP contribution in [0.15, 0.2) is 10.7 Å². The summed E-state index contributed by atoms with van der Waals surface area (Å²) in [4.78, 5) is 17.4. The molecule has 0 bridgehead atoms. The zero-order valence-electron chi connectivity index (χ0n) is 13.2. The minimum atomic E-state index is -1.06. The zero-order valence-corrected chi connectivity index (χ0v) is 13.2. The summed E-state index contributed by atoms with van der Waals surface area (Å²) in [6, 6.07) is 0. The first kappa shape index (κ1) is 15.4. The second-order valence-corrected chi connectivity index (χ2v) is 6.17. The lowest BCUT2D eigenvalue weighted by atomic mass is 9.98. The van der Waals surface area contributed by atoms with Crippen LogP contribution in [-0.2, 0) is 6.54 Å². The second-order valence-electron chi connectivity index (χ2n) is 6.17. The first-order chi connectivity index (χ1) is 11.0. The van der Waals surface area contributed by atoms with E-state index in [1.807, 2.05) is 13.8 Å². The maximum Gasteiger partial charge on any atom is 0.358 e. The van der Waals surface area contributed by atoms with Gasteiger partial charge in [0.15, 0.2) is 5.69 Å². The van der Waals surface area contributed by atoms with Gasteiger partial charge < -0.3 is 14.5 Å². The number of piperidine rings is 1. The van der Waals surface area contributed by atoms with Gasteiger partial charge in [0.25, 0.3) is 5.95 Å². The minimum absolute atomic E-state index is 0.0302. The molecule has 1 saturated heterocycles. The molecule has 0 saturated carbocycles. The minimum Gasteiger partial charge on any atom is -0.476 e. The van der Waals surface area contributed by atoms with Crippen LogP contribution in [0, 0.1) is 5.92 Å². The molecular formula is C14H20N6O3. The molecule has 0 aliphatic carbocycles. The molecule has 2 aromatic rings. The number of anilines is 1. The van der Waals surface area contributed by atoms with Gasteiger partial charge in [0.05, 0.1) is 6.20 Å². The Labute approximate surface area is 133 Å². The quantitative estimate of drug-likeness (QED) is 0.880. The molecule has 3 heterocycles. The summed E-state index contributed by atoms with van der Waals surface area (Å²) in [5.41, 5.74) is -0.0302. The zero-order chi connectivity index (χ0) is 16.4. The van der Waals surface area contributed by atoms with E-state index < -0.39 is 5.97 Å². The van der Waals surface area contributed by atoms with Gasteiger partial charge in [-0.1, -0.05) is 19.1 Å². The van der Waals surface area contributed by atoms with E-state index in [0.717, 1.165) is 25.9 Å². The SMILES string of the molecule is CC(C)c1nc(N2CCC[C@@H](Cn3cc(C(=O)O)nn3)C2)no1. The Kier molecular flexibility index (Phi) is 4.26. The van der Waals surface area contributed by atoms with Crippen LogP contribution in [-0.4, -0.2) is 49.3 Å². The molecule has 1 aliphatic rings. The molecule has 1 fully saturated rings. The van der Waals surface area contributed by atoms with Gasteiger partial charge in [0, 0.05) is 25.6 Å². The molecule has 0 radical (unpaired) electrons. The number of aromatic carboxylic acids is 1. The topological polar surface area (TPSA) is 110 Å². The van der Waals surface area contributed by atoms with Gasteiger partial charge >= 0.3 is 5.97 Å². The lowest BCUT2D eigenvalue weighted by Crippen LogP contribution is -2.37. The Bertz CT molecular complexity index is 680. The summed E-state index contributed by atoms with van der Waals surface area (Å²) in [5.74, 6) is 0.761. The smallest absolute Gasteiger partial charge is 0.358 e. The number of carbonyl (C=O) groups is 1. The van der Waals surface area contributed by atoms with Crippen LogP contribution >= 0.6 is 0 Å². The van der Waals surface area contributed by atoms with E-state index >= 15 is 0 Å². The Morgan fingerprint density at radius 2 is 2.35 bits per heavy atom. The van der Waals surface area contributed by atoms with Crippen LogP contribution in [0.3, 0.4) is 0 Å². The first-order valence-electron chi connectivity index (χ1n) is 7.75. The Morgan fingerprint density at radius 1 is 1.52 bits per heavy atom. The van der Waals surface area contributed by atoms with Crippen molar-refractivity contribution in [3.05, 3.63) is 17.8 Å². The fraction of sp³-hybridized carbons (Fsp3) is 0.643. The second kappa shape index (κ2) is 6.35. The van der Waals surface area contributed by atoms with Crippen molar-refractivity contribution in [1.82, 2.24) is 25.1 Å². The van der Waals surface area contributed by atoms with Crippen molar-refractivity contribution in [2.24, 2.45) is 5.92 Å². The molecule has 1 atom stereocenters. The molecule has 0 amide bonds. The maximum absolute atomic E-state index is 10.8. The van der Waals surface area contributed by atoms with Gasteiger partial charge in [0.2, 0.25) is 5.89 Å². The molecule has 1 aliphatic heterocycles. The molecule has 124 valence electrons. The number of hydrogen-bond acceptors (Lipinski definition) is 7. The number of carboxylic acid groups (broad SMARTS) is 1. The third kappa shape index (κ3) is 3.49. The van der Waals surface area contributed by atoms with E-state index in [1.165, 1.54) is 6.20 Å². The highest BCUT2D eigenvalue weighted by Crippen LogP contribution is 2.23. The fourth-order valence-electron chi connectivity index (χ4n) is 2.74. The Morgan fingerprint density at radius 3 is 3.00 bits per heavy atom. The van der Waals surface area contributed by atoms with E-state index in [1.54, 1.807) is 4.68 Å². The average molecular weight is 320 g/mol. The fourth-order valence-corrected chi connectivity index (χ4v) is 2.74. The molecule has 0 unspecified atom stereocenters. The molecule has 1 N–H and O–H groups in total. The summed E-state index contributed by atoms with van der Waals surface area (Å²) in [5, 5.41) is 20.5. The lowest BCUT2D eigenvalue weighted by Gasteiger charge is -2.31. The first-order valence-corrected chi connectivity index (χ1v) is 7.75. The van der Waals surface area contributed by atoms with Crippen LogP contribution in [0.2, 0.25) is 0 Å². The molecular weight excluding hydrogens is 300 g/mol. The van der Waals surface area contributed by atoms with Crippen molar-refractivity contribution < 1.29 is 14.4 Å². The monoisotopic (exact) mass is 320 g/mol. The van der Waals surface area contributed by atoms with Crippen molar-refractivity contribution in [3.8, 4) is 0 Å². The van der Waals surface area contributed by atoms with Gasteiger partial charge in [-0.3, -0.25) is 4.68 Å². The summed E-state index contributed by atoms with van der Waals surface area (Å²) < 4.78 is 6.86. The summed E-state index contributed by atoms with van der Waals surface area (Å²) in [6.07, 6.45) is 3.54. The standard InChI is InChI=1S/C14H20N6O3/c1-9(2)12-15-14(17-23-12)19-5-3-4-10(6-19)7-20-8-11(13(21)22)16-18-20/h8-10H,3-7H2,1-2H3,(H,21,22)/t10-/m1/s1. The van der Waals surface area contributed by atoms with Gasteiger partial charge in [0.1, 0.15) is 0 Å². The van der Waals surface area contributed by atoms with Gasteiger partial charge in [-0.2, -0.15) is 4.98 Å². The highest BCUT2D eigenvalue weighted by molar-refractivity contribution is 5.84. The third-order valence-corrected chi connectivity index (χ3v) is 3.93. The largest absolute Gasteiger partial charge is 0.476 e. The van der Waals surface area contributed by atoms with Gasteiger partial charge in [-0.15, -0.1) is 5.10 Å². The van der Waals surface area contributed by atoms with Crippen molar-refractivity contribution in [2.45, 2.75) is 39.2 Å². The molecule has 9 nitrogen and oxygen atoms in total. The highest BCUT2D eigenvalue weighted by atomic mass is 16.5. The molecule has 0 aromatic carbocycles. The van der Waals surface area contributed by atoms with Crippen molar-refractivity contribution in [3.63, 3.8) is 0 Å². The highest BCUT2D eigenvalue weighted by Gasteiger charge is 2.25. The summed E-state index contributed by atoms with van der Waals surface area (Å²) in [6.45, 7) is 6.35. The van der Waals surface area contributed by atoms with Gasteiger partial charge in [-0.25, -0.2) is 4.79 Å². The number of hydrogen-bond donors (Lipinski definition) is 1. The third-order valence-electron chi connectivity index (χ3n) is 3.93. The maximum atomic E-state index is 10.8. The van der Waals surface area contributed by atoms with Crippen molar-refractivity contribution in [2.75, 3.05) is 18.0 Å². The van der Waals surface area contributed by atoms with E-state index in [-0.39, 0.29) is 11.6 Å².